The van der Waals surface area contributed by atoms with E-state index in [0.717, 1.165) is 18.2 Å². The molecule has 0 bridgehead atoms. The molecule has 0 aliphatic heterocycles. The van der Waals surface area contributed by atoms with E-state index in [4.69, 9.17) is 10.2 Å². The largest absolute Gasteiger partial charge is 0.478 e. The first kappa shape index (κ1) is 16.6. The Bertz CT molecular complexity index is 568. The first-order valence-corrected chi connectivity index (χ1v) is 7.90. The number of hydrogen-bond donors (Lipinski definition) is 2. The molecule has 0 amide bonds. The third kappa shape index (κ3) is 4.57. The predicted octanol–water partition coefficient (Wildman–Crippen LogP) is 1.85. The van der Waals surface area contributed by atoms with Gasteiger partial charge in [-0.2, -0.15) is 0 Å². The minimum absolute atomic E-state index is 0.0576. The summed E-state index contributed by atoms with van der Waals surface area (Å²) in [6, 6.07) is 2.72. The molecule has 112 valence electrons. The highest BCUT2D eigenvalue weighted by Gasteiger charge is 2.20. The van der Waals surface area contributed by atoms with Crippen molar-refractivity contribution in [1.82, 2.24) is 0 Å². The van der Waals surface area contributed by atoms with Crippen LogP contribution in [0.1, 0.15) is 36.0 Å². The molecule has 7 heteroatoms. The standard InChI is InChI=1S/C13H17FO5S/c14-11-6-5-10(13(16)17)9-12(11)20(18,19)8-4-2-1-3-7-15/h5-6,9,15H,1-4,7-8H2,(H,16,17). The Balaban J connectivity index is 2.81. The van der Waals surface area contributed by atoms with Crippen molar-refractivity contribution in [3.63, 3.8) is 0 Å². The molecule has 0 radical (unpaired) electrons. The van der Waals surface area contributed by atoms with Crippen molar-refractivity contribution in [2.45, 2.75) is 30.6 Å². The van der Waals surface area contributed by atoms with Crippen molar-refractivity contribution in [1.29, 1.82) is 0 Å². The van der Waals surface area contributed by atoms with Gasteiger partial charge in [0.25, 0.3) is 0 Å². The average molecular weight is 304 g/mol. The molecule has 2 N–H and O–H groups in total. The molecule has 20 heavy (non-hydrogen) atoms. The number of sulfone groups is 1. The van der Waals surface area contributed by atoms with Crippen molar-refractivity contribution in [2.75, 3.05) is 12.4 Å². The molecule has 0 aromatic heterocycles. The number of benzene rings is 1. The van der Waals surface area contributed by atoms with Crippen molar-refractivity contribution in [3.05, 3.63) is 29.6 Å². The van der Waals surface area contributed by atoms with Gasteiger partial charge in [-0.25, -0.2) is 17.6 Å². The van der Waals surface area contributed by atoms with Gasteiger partial charge in [0.15, 0.2) is 9.84 Å². The summed E-state index contributed by atoms with van der Waals surface area (Å²) in [5.74, 6) is -2.48. The van der Waals surface area contributed by atoms with Gasteiger partial charge in [0.05, 0.1) is 11.3 Å². The third-order valence-corrected chi connectivity index (χ3v) is 4.64. The molecule has 1 aromatic carbocycles. The minimum atomic E-state index is -3.83. The van der Waals surface area contributed by atoms with Crippen molar-refractivity contribution in [3.8, 4) is 0 Å². The Labute approximate surface area is 117 Å². The fourth-order valence-electron chi connectivity index (χ4n) is 1.74. The van der Waals surface area contributed by atoms with E-state index in [1.807, 2.05) is 0 Å². The van der Waals surface area contributed by atoms with Crippen molar-refractivity contribution in [2.24, 2.45) is 0 Å². The summed E-state index contributed by atoms with van der Waals surface area (Å²) in [6.07, 6.45) is 2.26. The van der Waals surface area contributed by atoms with Crippen LogP contribution in [0.4, 0.5) is 4.39 Å². The van der Waals surface area contributed by atoms with E-state index in [-0.39, 0.29) is 17.9 Å². The van der Waals surface area contributed by atoms with E-state index in [1.54, 1.807) is 0 Å². The van der Waals surface area contributed by atoms with Gasteiger partial charge in [0.1, 0.15) is 10.7 Å². The van der Waals surface area contributed by atoms with Gasteiger partial charge in [-0.1, -0.05) is 12.8 Å². The summed E-state index contributed by atoms with van der Waals surface area (Å²) in [5, 5.41) is 17.4. The summed E-state index contributed by atoms with van der Waals surface area (Å²) in [4.78, 5) is 10.2. The summed E-state index contributed by atoms with van der Waals surface area (Å²) in [7, 11) is -3.83. The lowest BCUT2D eigenvalue weighted by molar-refractivity contribution is 0.0696. The van der Waals surface area contributed by atoms with Crippen LogP contribution < -0.4 is 0 Å². The van der Waals surface area contributed by atoms with Gasteiger partial charge in [-0.05, 0) is 31.0 Å². The molecule has 1 rings (SSSR count). The summed E-state index contributed by atoms with van der Waals surface area (Å²) in [5.41, 5.74) is -0.259. The lowest BCUT2D eigenvalue weighted by Gasteiger charge is -2.06. The van der Waals surface area contributed by atoms with Crippen LogP contribution in [0.5, 0.6) is 0 Å². The molecule has 0 atom stereocenters. The molecule has 0 saturated heterocycles. The van der Waals surface area contributed by atoms with Crippen molar-refractivity contribution < 1.29 is 27.8 Å². The van der Waals surface area contributed by atoms with Crippen LogP contribution in [0, 0.1) is 5.82 Å². The Morgan fingerprint density at radius 3 is 2.40 bits per heavy atom. The molecule has 0 unspecified atom stereocenters. The van der Waals surface area contributed by atoms with Gasteiger partial charge >= 0.3 is 5.97 Å². The number of unbranched alkanes of at least 4 members (excludes halogenated alkanes) is 3. The van der Waals surface area contributed by atoms with E-state index >= 15 is 0 Å². The highest BCUT2D eigenvalue weighted by atomic mass is 32.2. The molecule has 0 aliphatic carbocycles. The van der Waals surface area contributed by atoms with Crippen LogP contribution in [0.15, 0.2) is 23.1 Å². The van der Waals surface area contributed by atoms with Gasteiger partial charge in [0, 0.05) is 6.61 Å². The second kappa shape index (κ2) is 7.35. The van der Waals surface area contributed by atoms with Crippen LogP contribution in [0.2, 0.25) is 0 Å². The lowest BCUT2D eigenvalue weighted by atomic mass is 10.2. The van der Waals surface area contributed by atoms with E-state index in [2.05, 4.69) is 0 Å². The molecule has 0 heterocycles. The summed E-state index contributed by atoms with van der Waals surface area (Å²) < 4.78 is 37.5. The molecular formula is C13H17FO5S. The summed E-state index contributed by atoms with van der Waals surface area (Å²) in [6.45, 7) is 0.0576. The van der Waals surface area contributed by atoms with E-state index < -0.39 is 26.5 Å². The fraction of sp³-hybridized carbons (Fsp3) is 0.462. The van der Waals surface area contributed by atoms with Gasteiger partial charge in [0.2, 0.25) is 0 Å². The number of aromatic carboxylic acids is 1. The number of halogens is 1. The number of aliphatic hydroxyl groups is 1. The Kier molecular flexibility index (Phi) is 6.09. The normalized spacial score (nSPS) is 11.5. The zero-order valence-corrected chi connectivity index (χ0v) is 11.7. The predicted molar refractivity (Wildman–Crippen MR) is 71.0 cm³/mol. The van der Waals surface area contributed by atoms with Gasteiger partial charge in [-0.15, -0.1) is 0 Å². The first-order chi connectivity index (χ1) is 9.38. The zero-order chi connectivity index (χ0) is 15.2. The van der Waals surface area contributed by atoms with Crippen LogP contribution in [-0.2, 0) is 9.84 Å². The van der Waals surface area contributed by atoms with Gasteiger partial charge in [-0.3, -0.25) is 0 Å². The molecule has 0 spiro atoms. The van der Waals surface area contributed by atoms with Crippen LogP contribution in [-0.4, -0.2) is 37.0 Å². The number of carbonyl (C=O) groups is 1. The molecule has 0 fully saturated rings. The monoisotopic (exact) mass is 304 g/mol. The number of aliphatic hydroxyl groups excluding tert-OH is 1. The smallest absolute Gasteiger partial charge is 0.335 e. The van der Waals surface area contributed by atoms with E-state index in [1.165, 1.54) is 0 Å². The van der Waals surface area contributed by atoms with Crippen molar-refractivity contribution >= 4 is 15.8 Å². The molecule has 0 saturated carbocycles. The Morgan fingerprint density at radius 1 is 1.15 bits per heavy atom. The molecular weight excluding hydrogens is 287 g/mol. The molecule has 5 nitrogen and oxygen atoms in total. The Morgan fingerprint density at radius 2 is 1.80 bits per heavy atom. The highest BCUT2D eigenvalue weighted by Crippen LogP contribution is 2.19. The van der Waals surface area contributed by atoms with E-state index in [9.17, 15) is 17.6 Å². The fourth-order valence-corrected chi connectivity index (χ4v) is 3.22. The number of hydrogen-bond acceptors (Lipinski definition) is 4. The van der Waals surface area contributed by atoms with E-state index in [0.29, 0.717) is 25.7 Å². The van der Waals surface area contributed by atoms with Crippen LogP contribution in [0.3, 0.4) is 0 Å². The lowest BCUT2D eigenvalue weighted by Crippen LogP contribution is -2.10. The highest BCUT2D eigenvalue weighted by molar-refractivity contribution is 7.91. The maximum Gasteiger partial charge on any atom is 0.335 e. The number of rotatable bonds is 8. The maximum atomic E-state index is 13.6. The Hall–Kier alpha value is -1.47. The average Bonchev–Trinajstić information content (AvgIpc) is 2.38. The van der Waals surface area contributed by atoms with Crippen LogP contribution >= 0.6 is 0 Å². The zero-order valence-electron chi connectivity index (χ0n) is 10.9. The minimum Gasteiger partial charge on any atom is -0.478 e. The third-order valence-electron chi connectivity index (χ3n) is 2.83. The second-order valence-electron chi connectivity index (χ2n) is 4.41. The quantitative estimate of drug-likeness (QED) is 0.715. The van der Waals surface area contributed by atoms with Crippen LogP contribution in [0.25, 0.3) is 0 Å². The number of carboxylic acid groups (broad SMARTS) is 1. The summed E-state index contributed by atoms with van der Waals surface area (Å²) >= 11 is 0. The molecule has 1 aromatic rings. The van der Waals surface area contributed by atoms with Gasteiger partial charge < -0.3 is 10.2 Å². The second-order valence-corrected chi connectivity index (χ2v) is 6.48. The SMILES string of the molecule is O=C(O)c1ccc(F)c(S(=O)(=O)CCCCCCO)c1. The maximum absolute atomic E-state index is 13.6. The topological polar surface area (TPSA) is 91.7 Å². The first-order valence-electron chi connectivity index (χ1n) is 6.25. The number of carboxylic acids is 1. The molecule has 0 aliphatic rings.